The molecule has 0 atom stereocenters. The molecule has 4 nitrogen and oxygen atoms in total. The molecule has 112 valence electrons. The molecule has 2 aromatic carbocycles. The summed E-state index contributed by atoms with van der Waals surface area (Å²) in [6.07, 6.45) is 0. The third-order valence-electron chi connectivity index (χ3n) is 3.77. The summed E-state index contributed by atoms with van der Waals surface area (Å²) in [6.45, 7) is 4.12. The van der Waals surface area contributed by atoms with Crippen LogP contribution in [0.1, 0.15) is 11.1 Å². The van der Waals surface area contributed by atoms with Crippen LogP contribution in [-0.4, -0.2) is 16.9 Å². The number of ether oxygens (including phenoxy) is 1. The van der Waals surface area contributed by atoms with E-state index in [2.05, 4.69) is 26.0 Å². The van der Waals surface area contributed by atoms with E-state index in [1.165, 1.54) is 0 Å². The van der Waals surface area contributed by atoms with E-state index in [-0.39, 0.29) is 0 Å². The van der Waals surface area contributed by atoms with Crippen LogP contribution in [0.25, 0.3) is 16.9 Å². The molecule has 1 aromatic heterocycles. The summed E-state index contributed by atoms with van der Waals surface area (Å²) < 4.78 is 7.21. The Labute approximate surface area is 130 Å². The second-order valence-electron chi connectivity index (χ2n) is 5.31. The summed E-state index contributed by atoms with van der Waals surface area (Å²) in [5.74, 6) is 1.40. The molecule has 0 saturated carbocycles. The summed E-state index contributed by atoms with van der Waals surface area (Å²) in [5, 5.41) is 4.69. The lowest BCUT2D eigenvalue weighted by Gasteiger charge is -2.11. The molecule has 1 heterocycles. The molecule has 0 radical (unpaired) electrons. The number of anilines is 1. The van der Waals surface area contributed by atoms with Gasteiger partial charge in [-0.05, 0) is 37.1 Å². The maximum atomic E-state index is 6.20. The summed E-state index contributed by atoms with van der Waals surface area (Å²) in [6, 6.07) is 15.8. The molecule has 0 aliphatic heterocycles. The molecule has 2 N–H and O–H groups in total. The van der Waals surface area contributed by atoms with Crippen molar-refractivity contribution in [2.45, 2.75) is 13.8 Å². The standard InChI is InChI=1S/C18H19N3O/c1-12-7-6-8-13(2)18(12)21-17(19)11-15(20-21)14-9-4-5-10-16(14)22-3/h4-11H,19H2,1-3H3. The first-order valence-corrected chi connectivity index (χ1v) is 7.17. The second kappa shape index (κ2) is 5.56. The van der Waals surface area contributed by atoms with Gasteiger partial charge in [-0.1, -0.05) is 30.3 Å². The highest BCUT2D eigenvalue weighted by atomic mass is 16.5. The second-order valence-corrected chi connectivity index (χ2v) is 5.31. The number of aryl methyl sites for hydroxylation is 2. The molecule has 22 heavy (non-hydrogen) atoms. The number of rotatable bonds is 3. The Hall–Kier alpha value is -2.75. The van der Waals surface area contributed by atoms with Crippen LogP contribution in [0, 0.1) is 13.8 Å². The monoisotopic (exact) mass is 293 g/mol. The van der Waals surface area contributed by atoms with Gasteiger partial charge in [0.2, 0.25) is 0 Å². The Morgan fingerprint density at radius 3 is 2.36 bits per heavy atom. The van der Waals surface area contributed by atoms with Gasteiger partial charge in [-0.3, -0.25) is 0 Å². The molecule has 0 spiro atoms. The van der Waals surface area contributed by atoms with Gasteiger partial charge in [-0.2, -0.15) is 5.10 Å². The molecule has 0 aliphatic rings. The van der Waals surface area contributed by atoms with E-state index in [0.29, 0.717) is 5.82 Å². The van der Waals surface area contributed by atoms with Gasteiger partial charge in [0, 0.05) is 11.6 Å². The average molecular weight is 293 g/mol. The molecule has 0 bridgehead atoms. The number of nitrogens with zero attached hydrogens (tertiary/aromatic N) is 2. The van der Waals surface area contributed by atoms with Crippen LogP contribution in [-0.2, 0) is 0 Å². The van der Waals surface area contributed by atoms with Crippen LogP contribution in [0.4, 0.5) is 5.82 Å². The number of aromatic nitrogens is 2. The Balaban J connectivity index is 2.16. The lowest BCUT2D eigenvalue weighted by atomic mass is 10.1. The summed E-state index contributed by atoms with van der Waals surface area (Å²) in [4.78, 5) is 0. The fourth-order valence-corrected chi connectivity index (χ4v) is 2.70. The number of benzene rings is 2. The van der Waals surface area contributed by atoms with Crippen molar-refractivity contribution in [3.05, 3.63) is 59.7 Å². The zero-order valence-corrected chi connectivity index (χ0v) is 13.0. The number of nitrogens with two attached hydrogens (primary N) is 1. The number of methoxy groups -OCH3 is 1. The van der Waals surface area contributed by atoms with E-state index < -0.39 is 0 Å². The summed E-state index contributed by atoms with van der Waals surface area (Å²) in [5.41, 5.74) is 11.2. The van der Waals surface area contributed by atoms with Crippen LogP contribution in [0.2, 0.25) is 0 Å². The third-order valence-corrected chi connectivity index (χ3v) is 3.77. The minimum Gasteiger partial charge on any atom is -0.496 e. The molecule has 3 rings (SSSR count). The molecule has 4 heteroatoms. The van der Waals surface area contributed by atoms with Gasteiger partial charge in [0.15, 0.2) is 0 Å². The van der Waals surface area contributed by atoms with E-state index in [0.717, 1.165) is 33.8 Å². The van der Waals surface area contributed by atoms with E-state index in [1.54, 1.807) is 11.8 Å². The first kappa shape index (κ1) is 14.2. The molecular weight excluding hydrogens is 274 g/mol. The Bertz CT molecular complexity index is 801. The zero-order chi connectivity index (χ0) is 15.7. The fraction of sp³-hybridized carbons (Fsp3) is 0.167. The molecule has 0 saturated heterocycles. The van der Waals surface area contributed by atoms with Crippen molar-refractivity contribution in [3.8, 4) is 22.7 Å². The third kappa shape index (κ3) is 2.33. The average Bonchev–Trinajstić information content (AvgIpc) is 2.89. The van der Waals surface area contributed by atoms with Crippen molar-refractivity contribution in [3.63, 3.8) is 0 Å². The minimum absolute atomic E-state index is 0.610. The Kier molecular flexibility index (Phi) is 3.59. The van der Waals surface area contributed by atoms with E-state index in [9.17, 15) is 0 Å². The topological polar surface area (TPSA) is 53.1 Å². The lowest BCUT2D eigenvalue weighted by Crippen LogP contribution is -2.05. The van der Waals surface area contributed by atoms with Crippen molar-refractivity contribution in [2.24, 2.45) is 0 Å². The summed E-state index contributed by atoms with van der Waals surface area (Å²) in [7, 11) is 1.66. The normalized spacial score (nSPS) is 10.7. The molecular formula is C18H19N3O. The van der Waals surface area contributed by atoms with Crippen LogP contribution in [0.15, 0.2) is 48.5 Å². The molecule has 0 fully saturated rings. The Morgan fingerprint density at radius 2 is 1.68 bits per heavy atom. The molecule has 0 amide bonds. The maximum Gasteiger partial charge on any atom is 0.128 e. The first-order valence-electron chi connectivity index (χ1n) is 7.17. The van der Waals surface area contributed by atoms with Gasteiger partial charge in [-0.15, -0.1) is 0 Å². The number of hydrogen-bond acceptors (Lipinski definition) is 3. The molecule has 3 aromatic rings. The number of para-hydroxylation sites is 2. The van der Waals surface area contributed by atoms with Crippen molar-refractivity contribution < 1.29 is 4.74 Å². The van der Waals surface area contributed by atoms with Gasteiger partial charge in [0.1, 0.15) is 11.6 Å². The summed E-state index contributed by atoms with van der Waals surface area (Å²) >= 11 is 0. The first-order chi connectivity index (χ1) is 10.6. The largest absolute Gasteiger partial charge is 0.496 e. The highest BCUT2D eigenvalue weighted by Gasteiger charge is 2.14. The van der Waals surface area contributed by atoms with E-state index in [1.807, 2.05) is 36.4 Å². The fourth-order valence-electron chi connectivity index (χ4n) is 2.70. The van der Waals surface area contributed by atoms with Crippen LogP contribution in [0.5, 0.6) is 5.75 Å². The smallest absolute Gasteiger partial charge is 0.128 e. The van der Waals surface area contributed by atoms with Crippen LogP contribution >= 0.6 is 0 Å². The van der Waals surface area contributed by atoms with Gasteiger partial charge >= 0.3 is 0 Å². The SMILES string of the molecule is COc1ccccc1-c1cc(N)n(-c2c(C)cccc2C)n1. The van der Waals surface area contributed by atoms with Crippen LogP contribution < -0.4 is 10.5 Å². The zero-order valence-electron chi connectivity index (χ0n) is 13.0. The Morgan fingerprint density at radius 1 is 1.00 bits per heavy atom. The molecule has 0 unspecified atom stereocenters. The van der Waals surface area contributed by atoms with Gasteiger partial charge < -0.3 is 10.5 Å². The maximum absolute atomic E-state index is 6.20. The van der Waals surface area contributed by atoms with Crippen LogP contribution in [0.3, 0.4) is 0 Å². The van der Waals surface area contributed by atoms with Gasteiger partial charge in [-0.25, -0.2) is 4.68 Å². The van der Waals surface area contributed by atoms with Gasteiger partial charge in [0.05, 0.1) is 18.5 Å². The highest BCUT2D eigenvalue weighted by molar-refractivity contribution is 5.70. The highest BCUT2D eigenvalue weighted by Crippen LogP contribution is 2.31. The van der Waals surface area contributed by atoms with E-state index in [4.69, 9.17) is 15.6 Å². The van der Waals surface area contributed by atoms with Crippen molar-refractivity contribution >= 4 is 5.82 Å². The van der Waals surface area contributed by atoms with Crippen molar-refractivity contribution in [1.29, 1.82) is 0 Å². The predicted octanol–water partition coefficient (Wildman–Crippen LogP) is 3.75. The predicted molar refractivity (Wildman–Crippen MR) is 89.4 cm³/mol. The lowest BCUT2D eigenvalue weighted by molar-refractivity contribution is 0.416. The van der Waals surface area contributed by atoms with E-state index >= 15 is 0 Å². The number of hydrogen-bond donors (Lipinski definition) is 1. The number of nitrogen functional groups attached to an aromatic ring is 1. The quantitative estimate of drug-likeness (QED) is 0.800. The minimum atomic E-state index is 0.610. The van der Waals surface area contributed by atoms with Crippen molar-refractivity contribution in [1.82, 2.24) is 9.78 Å². The van der Waals surface area contributed by atoms with Gasteiger partial charge in [0.25, 0.3) is 0 Å². The molecule has 0 aliphatic carbocycles. The van der Waals surface area contributed by atoms with Crippen molar-refractivity contribution in [2.75, 3.05) is 12.8 Å².